The van der Waals surface area contributed by atoms with Crippen molar-refractivity contribution in [2.45, 2.75) is 32.4 Å². The molecule has 1 aliphatic heterocycles. The van der Waals surface area contributed by atoms with Crippen LogP contribution in [0.5, 0.6) is 5.75 Å². The molecule has 0 spiro atoms. The zero-order chi connectivity index (χ0) is 37.5. The Morgan fingerprint density at radius 2 is 1.46 bits per heavy atom. The Kier molecular flexibility index (Phi) is 11.2. The SMILES string of the molecule is CCOC(=O)[C@H](C)N[P@](=O)(CO[C@@H]1C=C(F)C(n2cnc3c(N=P(c4ccccc4)(c4ccccc4)c4ccccc4)ncnc32)O1)Oc1ccccc1. The van der Waals surface area contributed by atoms with Crippen molar-refractivity contribution in [3.05, 3.63) is 146 Å². The number of carbonyl (C=O) groups is 1. The summed E-state index contributed by atoms with van der Waals surface area (Å²) < 4.78 is 59.2. The minimum atomic E-state index is -3.92. The summed E-state index contributed by atoms with van der Waals surface area (Å²) in [5, 5.41) is 5.75. The van der Waals surface area contributed by atoms with Crippen molar-refractivity contribution in [2.75, 3.05) is 13.0 Å². The lowest BCUT2D eigenvalue weighted by molar-refractivity contribution is -0.144. The van der Waals surface area contributed by atoms with Crippen LogP contribution < -0.4 is 25.5 Å². The fraction of sp³-hybridized carbons (Fsp3) is 0.179. The third-order valence-corrected chi connectivity index (χ3v) is 13.9. The predicted octanol–water partition coefficient (Wildman–Crippen LogP) is 7.13. The lowest BCUT2D eigenvalue weighted by Crippen LogP contribution is -2.36. The number of ether oxygens (including phenoxy) is 3. The zero-order valence-corrected chi connectivity index (χ0v) is 31.2. The lowest BCUT2D eigenvalue weighted by atomic mass is 10.3. The second-order valence-electron chi connectivity index (χ2n) is 12.1. The maximum absolute atomic E-state index is 15.7. The Morgan fingerprint density at radius 1 is 0.889 bits per heavy atom. The Balaban J connectivity index is 1.20. The van der Waals surface area contributed by atoms with Crippen molar-refractivity contribution in [3.63, 3.8) is 0 Å². The van der Waals surface area contributed by atoms with Crippen molar-refractivity contribution in [1.82, 2.24) is 24.6 Å². The van der Waals surface area contributed by atoms with Gasteiger partial charge < -0.3 is 18.7 Å². The molecule has 15 heteroatoms. The molecule has 3 heterocycles. The number of para-hydroxylation sites is 1. The Morgan fingerprint density at radius 3 is 2.04 bits per heavy atom. The molecular weight excluding hydrogens is 729 g/mol. The number of benzene rings is 4. The van der Waals surface area contributed by atoms with Gasteiger partial charge in [-0.05, 0) is 26.0 Å². The predicted molar refractivity (Wildman–Crippen MR) is 206 cm³/mol. The van der Waals surface area contributed by atoms with E-state index in [1.54, 1.807) is 37.3 Å². The van der Waals surface area contributed by atoms with E-state index in [4.69, 9.17) is 23.5 Å². The van der Waals surface area contributed by atoms with Crippen LogP contribution in [0.2, 0.25) is 0 Å². The normalized spacial score (nSPS) is 17.4. The van der Waals surface area contributed by atoms with Gasteiger partial charge in [-0.1, -0.05) is 109 Å². The van der Waals surface area contributed by atoms with Crippen molar-refractivity contribution in [2.24, 2.45) is 4.74 Å². The van der Waals surface area contributed by atoms with Gasteiger partial charge in [-0.2, -0.15) is 0 Å². The van der Waals surface area contributed by atoms with E-state index in [1.807, 2.05) is 54.6 Å². The van der Waals surface area contributed by atoms with Gasteiger partial charge in [0.15, 0.2) is 41.7 Å². The summed E-state index contributed by atoms with van der Waals surface area (Å²) in [6.07, 6.45) is 0.777. The number of rotatable bonds is 14. The standard InChI is InChI=1S/C39H37FN6O6P2/c1-3-49-39(47)28(2)44-53(48,52-29-16-8-4-9-17-29)27-50-34-24-33(40)38(51-34)46-26-43-35-36(41-25-42-37(35)46)45-54(30-18-10-5-11-19-30,31-20-12-6-13-21-31)32-22-14-7-15-23-32/h4-26,28,34,38H,3,27H2,1-2H3,(H,44,48)/t28-,34-,38?,53-/m0/s1. The molecule has 1 unspecified atom stereocenters. The Hall–Kier alpha value is -5.29. The Bertz CT molecular complexity index is 2250. The second kappa shape index (κ2) is 16.4. The molecule has 6 aromatic rings. The van der Waals surface area contributed by atoms with Crippen LogP contribution in [0.15, 0.2) is 151 Å². The van der Waals surface area contributed by atoms with E-state index in [-0.39, 0.29) is 18.0 Å². The molecule has 0 aliphatic carbocycles. The molecule has 7 rings (SSSR count). The average molecular weight is 767 g/mol. The molecule has 0 saturated heterocycles. The van der Waals surface area contributed by atoms with Crippen LogP contribution in [0, 0.1) is 0 Å². The van der Waals surface area contributed by atoms with Gasteiger partial charge in [-0.15, -0.1) is 0 Å². The third kappa shape index (κ3) is 7.82. The van der Waals surface area contributed by atoms with Crippen LogP contribution in [-0.2, 0) is 23.6 Å². The van der Waals surface area contributed by atoms with Crippen LogP contribution in [0.4, 0.5) is 10.2 Å². The highest BCUT2D eigenvalue weighted by Crippen LogP contribution is 2.50. The highest BCUT2D eigenvalue weighted by atomic mass is 31.2. The van der Waals surface area contributed by atoms with E-state index in [0.717, 1.165) is 22.0 Å². The quantitative estimate of drug-likeness (QED) is 0.0900. The molecule has 1 N–H and O–H groups in total. The van der Waals surface area contributed by atoms with Crippen molar-refractivity contribution < 1.29 is 32.5 Å². The third-order valence-electron chi connectivity index (χ3n) is 8.46. The molecule has 54 heavy (non-hydrogen) atoms. The van der Waals surface area contributed by atoms with Gasteiger partial charge in [-0.25, -0.2) is 29.2 Å². The van der Waals surface area contributed by atoms with Crippen molar-refractivity contribution >= 4 is 53.4 Å². The van der Waals surface area contributed by atoms with Gasteiger partial charge in [-0.3, -0.25) is 13.9 Å². The molecule has 0 amide bonds. The fourth-order valence-electron chi connectivity index (χ4n) is 6.04. The zero-order valence-electron chi connectivity index (χ0n) is 29.4. The maximum atomic E-state index is 15.7. The monoisotopic (exact) mass is 766 g/mol. The largest absolute Gasteiger partial charge is 0.465 e. The maximum Gasteiger partial charge on any atom is 0.342 e. The first-order valence-electron chi connectivity index (χ1n) is 17.2. The number of imidazole rings is 1. The summed E-state index contributed by atoms with van der Waals surface area (Å²) in [6, 6.07) is 37.7. The fourth-order valence-corrected chi connectivity index (χ4v) is 11.2. The van der Waals surface area contributed by atoms with E-state index in [0.29, 0.717) is 11.3 Å². The first-order chi connectivity index (χ1) is 26.3. The highest BCUT2D eigenvalue weighted by Gasteiger charge is 2.36. The summed E-state index contributed by atoms with van der Waals surface area (Å²) in [6.45, 7) is 3.31. The number of esters is 1. The lowest BCUT2D eigenvalue weighted by Gasteiger charge is -2.26. The molecule has 0 fully saturated rings. The van der Waals surface area contributed by atoms with E-state index in [2.05, 4.69) is 56.4 Å². The highest BCUT2D eigenvalue weighted by molar-refractivity contribution is 7.87. The van der Waals surface area contributed by atoms with Gasteiger partial charge in [0.2, 0.25) is 0 Å². The van der Waals surface area contributed by atoms with Gasteiger partial charge >= 0.3 is 13.5 Å². The van der Waals surface area contributed by atoms with E-state index < -0.39 is 51.3 Å². The van der Waals surface area contributed by atoms with Crippen molar-refractivity contribution in [3.8, 4) is 5.75 Å². The molecule has 0 bridgehead atoms. The Labute approximate surface area is 311 Å². The first kappa shape index (κ1) is 37.0. The molecule has 2 aromatic heterocycles. The van der Waals surface area contributed by atoms with Crippen molar-refractivity contribution in [1.29, 1.82) is 0 Å². The molecule has 4 aromatic carbocycles. The molecule has 0 radical (unpaired) electrons. The van der Waals surface area contributed by atoms with Crippen LogP contribution in [0.25, 0.3) is 11.2 Å². The number of aromatic nitrogens is 4. The van der Waals surface area contributed by atoms with Gasteiger partial charge in [0.05, 0.1) is 20.0 Å². The van der Waals surface area contributed by atoms with Gasteiger partial charge in [0.25, 0.3) is 0 Å². The molecule has 1 aliphatic rings. The number of hydrogen-bond acceptors (Lipinski definition) is 10. The topological polar surface area (TPSA) is 139 Å². The molecule has 276 valence electrons. The van der Waals surface area contributed by atoms with E-state index >= 15 is 4.39 Å². The summed E-state index contributed by atoms with van der Waals surface area (Å²) in [7, 11) is -6.64. The van der Waals surface area contributed by atoms with Crippen LogP contribution in [0.3, 0.4) is 0 Å². The molecule has 4 atom stereocenters. The average Bonchev–Trinajstić information content (AvgIpc) is 3.81. The number of nitrogens with one attached hydrogen (secondary N) is 1. The minimum Gasteiger partial charge on any atom is -0.465 e. The van der Waals surface area contributed by atoms with Crippen LogP contribution in [0.1, 0.15) is 20.1 Å². The number of halogens is 1. The smallest absolute Gasteiger partial charge is 0.342 e. The second-order valence-corrected chi connectivity index (χ2v) is 17.2. The number of nitrogens with zero attached hydrogens (tertiary/aromatic N) is 5. The number of carbonyl (C=O) groups excluding carboxylic acids is 1. The first-order valence-corrected chi connectivity index (χ1v) is 20.7. The summed E-state index contributed by atoms with van der Waals surface area (Å²) in [5.74, 6) is -0.681. The molecule has 12 nitrogen and oxygen atoms in total. The molecular formula is C39H37FN6O6P2. The minimum absolute atomic E-state index is 0.144. The van der Waals surface area contributed by atoms with E-state index in [1.165, 1.54) is 24.1 Å². The van der Waals surface area contributed by atoms with Crippen LogP contribution in [-0.4, -0.2) is 50.8 Å². The summed E-state index contributed by atoms with van der Waals surface area (Å²) in [5.41, 5.74) is 0.636. The summed E-state index contributed by atoms with van der Waals surface area (Å²) in [4.78, 5) is 26.0. The van der Waals surface area contributed by atoms with Crippen LogP contribution >= 0.6 is 14.6 Å². The number of hydrogen-bond donors (Lipinski definition) is 1. The van der Waals surface area contributed by atoms with Gasteiger partial charge in [0, 0.05) is 22.0 Å². The molecule has 0 saturated carbocycles. The number of fused-ring (bicyclic) bond motifs is 1. The van der Waals surface area contributed by atoms with Gasteiger partial charge in [0.1, 0.15) is 18.1 Å². The summed E-state index contributed by atoms with van der Waals surface area (Å²) >= 11 is 0. The van der Waals surface area contributed by atoms with E-state index in [9.17, 15) is 9.36 Å².